The number of carbonyl (C=O) groups excluding carboxylic acids is 1. The van der Waals surface area contributed by atoms with Crippen LogP contribution in [0, 0.1) is 0 Å². The topological polar surface area (TPSA) is 32.8 Å². The van der Waals surface area contributed by atoms with Crippen LogP contribution in [0.2, 0.25) is 0 Å². The molecule has 4 nitrogen and oxygen atoms in total. The maximum Gasteiger partial charge on any atom is 0.417 e. The zero-order valence-electron chi connectivity index (χ0n) is 14.3. The van der Waals surface area contributed by atoms with Gasteiger partial charge in [-0.2, -0.15) is 13.2 Å². The summed E-state index contributed by atoms with van der Waals surface area (Å²) in [5.74, 6) is 0.156. The highest BCUT2D eigenvalue weighted by Crippen LogP contribution is 2.32. The molecule has 2 aromatic carbocycles. The first-order chi connectivity index (χ1) is 12.4. The second-order valence-corrected chi connectivity index (χ2v) is 6.02. The minimum atomic E-state index is -4.55. The van der Waals surface area contributed by atoms with Gasteiger partial charge in [0, 0.05) is 37.9 Å². The fourth-order valence-corrected chi connectivity index (χ4v) is 3.06. The van der Waals surface area contributed by atoms with E-state index in [9.17, 15) is 18.0 Å². The summed E-state index contributed by atoms with van der Waals surface area (Å²) in [6.07, 6.45) is -4.55. The Balaban J connectivity index is 1.71. The smallest absolute Gasteiger partial charge is 0.417 e. The van der Waals surface area contributed by atoms with Crippen LogP contribution in [0.15, 0.2) is 48.5 Å². The second kappa shape index (κ2) is 7.27. The number of alkyl halides is 3. The summed E-state index contributed by atoms with van der Waals surface area (Å²) >= 11 is 0. The number of ether oxygens (including phenoxy) is 1. The van der Waals surface area contributed by atoms with E-state index in [2.05, 4.69) is 4.90 Å². The molecule has 0 spiro atoms. The van der Waals surface area contributed by atoms with Gasteiger partial charge in [-0.15, -0.1) is 0 Å². The molecule has 2 aromatic rings. The molecule has 1 heterocycles. The lowest BCUT2D eigenvalue weighted by Gasteiger charge is -2.36. The molecule has 0 atom stereocenters. The van der Waals surface area contributed by atoms with Crippen molar-refractivity contribution in [3.8, 4) is 5.75 Å². The Kier molecular flexibility index (Phi) is 5.06. The van der Waals surface area contributed by atoms with Crippen LogP contribution < -0.4 is 9.64 Å². The van der Waals surface area contributed by atoms with Gasteiger partial charge in [0.1, 0.15) is 5.75 Å². The molecule has 0 saturated carbocycles. The summed E-state index contributed by atoms with van der Waals surface area (Å²) in [6, 6.07) is 12.5. The standard InChI is InChI=1S/C19H19F3N2O2/c1-26-15-6-4-5-14(13-15)23-9-11-24(12-10-23)18(25)16-7-2-3-8-17(16)19(20,21)22/h2-8,13H,9-12H2,1H3. The van der Waals surface area contributed by atoms with Crippen LogP contribution >= 0.6 is 0 Å². The fraction of sp³-hybridized carbons (Fsp3) is 0.316. The van der Waals surface area contributed by atoms with Crippen LogP contribution in [-0.2, 0) is 6.18 Å². The first kappa shape index (κ1) is 18.1. The van der Waals surface area contributed by atoms with Gasteiger partial charge in [0.2, 0.25) is 0 Å². The number of amides is 1. The molecular weight excluding hydrogens is 345 g/mol. The number of benzene rings is 2. The molecule has 0 radical (unpaired) electrons. The molecule has 138 valence electrons. The molecule has 0 N–H and O–H groups in total. The highest BCUT2D eigenvalue weighted by atomic mass is 19.4. The minimum absolute atomic E-state index is 0.296. The Labute approximate surface area is 149 Å². The second-order valence-electron chi connectivity index (χ2n) is 6.02. The number of anilines is 1. The van der Waals surface area contributed by atoms with Gasteiger partial charge >= 0.3 is 6.18 Å². The first-order valence-electron chi connectivity index (χ1n) is 8.24. The molecule has 7 heteroatoms. The van der Waals surface area contributed by atoms with E-state index in [1.807, 2.05) is 24.3 Å². The Morgan fingerprint density at radius 3 is 2.35 bits per heavy atom. The van der Waals surface area contributed by atoms with Crippen LogP contribution in [0.25, 0.3) is 0 Å². The number of rotatable bonds is 3. The van der Waals surface area contributed by atoms with E-state index in [1.54, 1.807) is 7.11 Å². The van der Waals surface area contributed by atoms with Gasteiger partial charge in [-0.25, -0.2) is 0 Å². The predicted octanol–water partition coefficient (Wildman–Crippen LogP) is 3.68. The molecule has 1 saturated heterocycles. The lowest BCUT2D eigenvalue weighted by molar-refractivity contribution is -0.138. The van der Waals surface area contributed by atoms with Crippen LogP contribution in [0.3, 0.4) is 0 Å². The summed E-state index contributed by atoms with van der Waals surface area (Å²) in [5.41, 5.74) is -0.220. The average Bonchev–Trinajstić information content (AvgIpc) is 2.67. The summed E-state index contributed by atoms with van der Waals surface area (Å²) in [7, 11) is 1.59. The van der Waals surface area contributed by atoms with E-state index in [4.69, 9.17) is 4.74 Å². The molecule has 1 aliphatic rings. The van der Waals surface area contributed by atoms with E-state index in [1.165, 1.54) is 23.1 Å². The fourth-order valence-electron chi connectivity index (χ4n) is 3.06. The molecule has 1 aliphatic heterocycles. The lowest BCUT2D eigenvalue weighted by atomic mass is 10.1. The zero-order valence-corrected chi connectivity index (χ0v) is 14.3. The van der Waals surface area contributed by atoms with Crippen molar-refractivity contribution in [2.45, 2.75) is 6.18 Å². The summed E-state index contributed by atoms with van der Waals surface area (Å²) in [6.45, 7) is 1.82. The van der Waals surface area contributed by atoms with Crippen molar-refractivity contribution in [2.75, 3.05) is 38.2 Å². The number of carbonyl (C=O) groups is 1. The third-order valence-electron chi connectivity index (χ3n) is 4.45. The number of hydrogen-bond acceptors (Lipinski definition) is 3. The van der Waals surface area contributed by atoms with Crippen molar-refractivity contribution in [2.24, 2.45) is 0 Å². The third-order valence-corrected chi connectivity index (χ3v) is 4.45. The molecule has 1 fully saturated rings. The highest BCUT2D eigenvalue weighted by molar-refractivity contribution is 5.96. The van der Waals surface area contributed by atoms with Crippen LogP contribution in [0.4, 0.5) is 18.9 Å². The minimum Gasteiger partial charge on any atom is -0.497 e. The van der Waals surface area contributed by atoms with Crippen LogP contribution in [0.1, 0.15) is 15.9 Å². The van der Waals surface area contributed by atoms with Crippen molar-refractivity contribution in [3.05, 3.63) is 59.7 Å². The molecule has 1 amide bonds. The third kappa shape index (κ3) is 3.76. The van der Waals surface area contributed by atoms with E-state index in [-0.39, 0.29) is 5.56 Å². The summed E-state index contributed by atoms with van der Waals surface area (Å²) < 4.78 is 44.6. The Morgan fingerprint density at radius 1 is 1.00 bits per heavy atom. The number of hydrogen-bond donors (Lipinski definition) is 0. The van der Waals surface area contributed by atoms with Gasteiger partial charge < -0.3 is 14.5 Å². The van der Waals surface area contributed by atoms with E-state index < -0.39 is 17.6 Å². The number of piperazine rings is 1. The first-order valence-corrected chi connectivity index (χ1v) is 8.24. The molecule has 0 aromatic heterocycles. The normalized spacial score (nSPS) is 15.1. The van der Waals surface area contributed by atoms with Crippen molar-refractivity contribution >= 4 is 11.6 Å². The highest BCUT2D eigenvalue weighted by Gasteiger charge is 2.36. The SMILES string of the molecule is COc1cccc(N2CCN(C(=O)c3ccccc3C(F)(F)F)CC2)c1. The molecule has 0 bridgehead atoms. The van der Waals surface area contributed by atoms with Gasteiger partial charge in [0.25, 0.3) is 5.91 Å². The zero-order chi connectivity index (χ0) is 18.7. The van der Waals surface area contributed by atoms with E-state index in [0.29, 0.717) is 26.2 Å². The van der Waals surface area contributed by atoms with Crippen LogP contribution in [-0.4, -0.2) is 44.1 Å². The van der Waals surface area contributed by atoms with Gasteiger partial charge in [-0.3, -0.25) is 4.79 Å². The van der Waals surface area contributed by atoms with Gasteiger partial charge in [-0.05, 0) is 24.3 Å². The van der Waals surface area contributed by atoms with E-state index >= 15 is 0 Å². The van der Waals surface area contributed by atoms with E-state index in [0.717, 1.165) is 17.5 Å². The molecule has 0 aliphatic carbocycles. The van der Waals surface area contributed by atoms with Crippen molar-refractivity contribution in [1.82, 2.24) is 4.90 Å². The Hall–Kier alpha value is -2.70. The lowest BCUT2D eigenvalue weighted by Crippen LogP contribution is -2.49. The molecule has 3 rings (SSSR count). The largest absolute Gasteiger partial charge is 0.497 e. The quantitative estimate of drug-likeness (QED) is 0.833. The molecular formula is C19H19F3N2O2. The maximum atomic E-state index is 13.1. The molecule has 26 heavy (non-hydrogen) atoms. The number of nitrogens with zero attached hydrogens (tertiary/aromatic N) is 2. The monoisotopic (exact) mass is 364 g/mol. The Bertz CT molecular complexity index is 784. The predicted molar refractivity (Wildman–Crippen MR) is 92.6 cm³/mol. The molecule has 0 unspecified atom stereocenters. The van der Waals surface area contributed by atoms with Gasteiger partial charge in [-0.1, -0.05) is 18.2 Å². The summed E-state index contributed by atoms with van der Waals surface area (Å²) in [5, 5.41) is 0. The van der Waals surface area contributed by atoms with Gasteiger partial charge in [0.05, 0.1) is 18.2 Å². The van der Waals surface area contributed by atoms with Crippen molar-refractivity contribution in [3.63, 3.8) is 0 Å². The Morgan fingerprint density at radius 2 is 1.69 bits per heavy atom. The number of methoxy groups -OCH3 is 1. The van der Waals surface area contributed by atoms with Gasteiger partial charge in [0.15, 0.2) is 0 Å². The van der Waals surface area contributed by atoms with Crippen molar-refractivity contribution in [1.29, 1.82) is 0 Å². The van der Waals surface area contributed by atoms with Crippen molar-refractivity contribution < 1.29 is 22.7 Å². The average molecular weight is 364 g/mol. The maximum absolute atomic E-state index is 13.1. The summed E-state index contributed by atoms with van der Waals surface area (Å²) in [4.78, 5) is 16.2. The van der Waals surface area contributed by atoms with Crippen LogP contribution in [0.5, 0.6) is 5.75 Å². The number of halogens is 3.